The van der Waals surface area contributed by atoms with Gasteiger partial charge in [0, 0.05) is 32.8 Å². The second-order valence-electron chi connectivity index (χ2n) is 5.89. The van der Waals surface area contributed by atoms with E-state index in [-0.39, 0.29) is 0 Å². The molecule has 0 aromatic carbocycles. The van der Waals surface area contributed by atoms with Crippen LogP contribution < -0.4 is 10.2 Å². The molecule has 1 N–H and O–H groups in total. The van der Waals surface area contributed by atoms with Crippen LogP contribution in [0, 0.1) is 0 Å². The molecule has 1 aliphatic heterocycles. The van der Waals surface area contributed by atoms with Gasteiger partial charge in [-0.15, -0.1) is 0 Å². The van der Waals surface area contributed by atoms with Crippen molar-refractivity contribution in [1.82, 2.24) is 15.3 Å². The molecule has 1 unspecified atom stereocenters. The number of nitrogens with one attached hydrogen (secondary N) is 1. The Balaban J connectivity index is 1.49. The average Bonchev–Trinajstić information content (AvgIpc) is 3.31. The summed E-state index contributed by atoms with van der Waals surface area (Å²) >= 11 is 0. The van der Waals surface area contributed by atoms with Gasteiger partial charge in [0.2, 0.25) is 0 Å². The summed E-state index contributed by atoms with van der Waals surface area (Å²) in [5.74, 6) is 0.925. The Labute approximate surface area is 120 Å². The molecule has 0 amide bonds. The predicted molar refractivity (Wildman–Crippen MR) is 78.8 cm³/mol. The number of aromatic nitrogens is 2. The second-order valence-corrected chi connectivity index (χ2v) is 5.89. The van der Waals surface area contributed by atoms with E-state index in [0.29, 0.717) is 12.1 Å². The van der Waals surface area contributed by atoms with Crippen LogP contribution in [0.3, 0.4) is 0 Å². The molecule has 2 aliphatic rings. The Hall–Kier alpha value is -1.20. The molecule has 1 aliphatic carbocycles. The van der Waals surface area contributed by atoms with Crippen molar-refractivity contribution in [3.8, 4) is 0 Å². The van der Waals surface area contributed by atoms with Crippen molar-refractivity contribution in [2.45, 2.75) is 50.8 Å². The van der Waals surface area contributed by atoms with Gasteiger partial charge < -0.3 is 15.0 Å². The van der Waals surface area contributed by atoms with Gasteiger partial charge in [0.05, 0.1) is 24.2 Å². The SMILES string of the molecule is CN(CC1CCCCO1)c1cnc(CNC2CC2)cn1. The molecule has 2 heterocycles. The highest BCUT2D eigenvalue weighted by atomic mass is 16.5. The summed E-state index contributed by atoms with van der Waals surface area (Å²) in [5.41, 5.74) is 1.02. The first-order valence-corrected chi connectivity index (χ1v) is 7.68. The lowest BCUT2D eigenvalue weighted by Crippen LogP contribution is -2.33. The molecule has 20 heavy (non-hydrogen) atoms. The Bertz CT molecular complexity index is 412. The van der Waals surface area contributed by atoms with Crippen molar-refractivity contribution < 1.29 is 4.74 Å². The average molecular weight is 276 g/mol. The molecule has 0 bridgehead atoms. The third-order valence-corrected chi connectivity index (χ3v) is 3.98. The van der Waals surface area contributed by atoms with Crippen LogP contribution in [0.2, 0.25) is 0 Å². The number of rotatable bonds is 6. The zero-order chi connectivity index (χ0) is 13.8. The molecule has 2 fully saturated rings. The lowest BCUT2D eigenvalue weighted by atomic mass is 10.1. The van der Waals surface area contributed by atoms with Crippen LogP contribution in [-0.2, 0) is 11.3 Å². The highest BCUT2D eigenvalue weighted by Gasteiger charge is 2.20. The molecule has 110 valence electrons. The van der Waals surface area contributed by atoms with Gasteiger partial charge in [-0.3, -0.25) is 4.98 Å². The van der Waals surface area contributed by atoms with Crippen molar-refractivity contribution in [3.63, 3.8) is 0 Å². The molecular formula is C15H24N4O. The predicted octanol–water partition coefficient (Wildman–Crippen LogP) is 1.73. The normalized spacial score (nSPS) is 22.8. The number of ether oxygens (including phenoxy) is 1. The first kappa shape index (κ1) is 13.8. The van der Waals surface area contributed by atoms with Crippen molar-refractivity contribution >= 4 is 5.82 Å². The molecule has 1 saturated heterocycles. The van der Waals surface area contributed by atoms with Crippen molar-refractivity contribution in [2.24, 2.45) is 0 Å². The second kappa shape index (κ2) is 6.50. The lowest BCUT2D eigenvalue weighted by Gasteiger charge is -2.27. The molecule has 5 nitrogen and oxygen atoms in total. The van der Waals surface area contributed by atoms with Crippen LogP contribution in [0.5, 0.6) is 0 Å². The molecule has 5 heteroatoms. The quantitative estimate of drug-likeness (QED) is 0.857. The monoisotopic (exact) mass is 276 g/mol. The van der Waals surface area contributed by atoms with Crippen LogP contribution in [0.1, 0.15) is 37.8 Å². The molecule has 1 aromatic heterocycles. The number of nitrogens with zero attached hydrogens (tertiary/aromatic N) is 3. The van der Waals surface area contributed by atoms with Gasteiger partial charge in [0.25, 0.3) is 0 Å². The Morgan fingerprint density at radius 1 is 1.25 bits per heavy atom. The molecule has 1 atom stereocenters. The Kier molecular flexibility index (Phi) is 4.47. The smallest absolute Gasteiger partial charge is 0.146 e. The highest BCUT2D eigenvalue weighted by Crippen LogP contribution is 2.19. The maximum Gasteiger partial charge on any atom is 0.146 e. The van der Waals surface area contributed by atoms with Gasteiger partial charge in [-0.25, -0.2) is 4.98 Å². The summed E-state index contributed by atoms with van der Waals surface area (Å²) in [6.45, 7) is 2.62. The summed E-state index contributed by atoms with van der Waals surface area (Å²) < 4.78 is 5.77. The van der Waals surface area contributed by atoms with E-state index in [1.165, 1.54) is 25.7 Å². The summed E-state index contributed by atoms with van der Waals surface area (Å²) in [6.07, 6.45) is 10.3. The molecule has 1 saturated carbocycles. The minimum Gasteiger partial charge on any atom is -0.376 e. The minimum atomic E-state index is 0.340. The highest BCUT2D eigenvalue weighted by molar-refractivity contribution is 5.34. The van der Waals surface area contributed by atoms with E-state index < -0.39 is 0 Å². The molecule has 0 radical (unpaired) electrons. The van der Waals surface area contributed by atoms with Gasteiger partial charge in [-0.2, -0.15) is 0 Å². The molecule has 0 spiro atoms. The first-order valence-electron chi connectivity index (χ1n) is 7.68. The van der Waals surface area contributed by atoms with Crippen molar-refractivity contribution in [3.05, 3.63) is 18.1 Å². The van der Waals surface area contributed by atoms with Crippen LogP contribution in [0.25, 0.3) is 0 Å². The summed E-state index contributed by atoms with van der Waals surface area (Å²) in [7, 11) is 2.06. The van der Waals surface area contributed by atoms with Gasteiger partial charge in [-0.05, 0) is 32.1 Å². The molecule has 3 rings (SSSR count). The van der Waals surface area contributed by atoms with Crippen LogP contribution in [0.15, 0.2) is 12.4 Å². The minimum absolute atomic E-state index is 0.340. The van der Waals surface area contributed by atoms with Gasteiger partial charge >= 0.3 is 0 Å². The summed E-state index contributed by atoms with van der Waals surface area (Å²) in [4.78, 5) is 11.1. The third-order valence-electron chi connectivity index (χ3n) is 3.98. The first-order chi connectivity index (χ1) is 9.81. The number of likely N-dealkylation sites (N-methyl/N-ethyl adjacent to an activating group) is 1. The number of hydrogen-bond donors (Lipinski definition) is 1. The van der Waals surface area contributed by atoms with Crippen molar-refractivity contribution in [2.75, 3.05) is 25.1 Å². The fourth-order valence-electron chi connectivity index (χ4n) is 2.52. The van der Waals surface area contributed by atoms with Crippen molar-refractivity contribution in [1.29, 1.82) is 0 Å². The maximum absolute atomic E-state index is 5.77. The zero-order valence-electron chi connectivity index (χ0n) is 12.2. The van der Waals surface area contributed by atoms with Crippen LogP contribution in [-0.4, -0.2) is 42.3 Å². The maximum atomic E-state index is 5.77. The third kappa shape index (κ3) is 3.90. The van der Waals surface area contributed by atoms with Gasteiger partial charge in [0.15, 0.2) is 0 Å². The topological polar surface area (TPSA) is 50.3 Å². The Morgan fingerprint density at radius 3 is 2.80 bits per heavy atom. The standard InChI is InChI=1S/C15H24N4O/c1-19(11-14-4-2-3-7-20-14)15-10-17-13(9-18-15)8-16-12-5-6-12/h9-10,12,14,16H,2-8,11H2,1H3. The van der Waals surface area contributed by atoms with E-state index in [9.17, 15) is 0 Å². The van der Waals surface area contributed by atoms with E-state index in [1.807, 2.05) is 12.4 Å². The van der Waals surface area contributed by atoms with E-state index in [2.05, 4.69) is 27.2 Å². The number of anilines is 1. The Morgan fingerprint density at radius 2 is 2.15 bits per heavy atom. The fraction of sp³-hybridized carbons (Fsp3) is 0.733. The zero-order valence-corrected chi connectivity index (χ0v) is 12.2. The van der Waals surface area contributed by atoms with Gasteiger partial charge in [-0.1, -0.05) is 0 Å². The van der Waals surface area contributed by atoms with Crippen LogP contribution in [0.4, 0.5) is 5.82 Å². The van der Waals surface area contributed by atoms with Crippen LogP contribution >= 0.6 is 0 Å². The summed E-state index contributed by atoms with van der Waals surface area (Å²) in [6, 6.07) is 0.711. The van der Waals surface area contributed by atoms with E-state index >= 15 is 0 Å². The van der Waals surface area contributed by atoms with Gasteiger partial charge in [0.1, 0.15) is 5.82 Å². The molecule has 1 aromatic rings. The summed E-state index contributed by atoms with van der Waals surface area (Å²) in [5, 5.41) is 3.45. The van der Waals surface area contributed by atoms with E-state index in [4.69, 9.17) is 4.74 Å². The fourth-order valence-corrected chi connectivity index (χ4v) is 2.52. The lowest BCUT2D eigenvalue weighted by molar-refractivity contribution is 0.0215. The number of hydrogen-bond acceptors (Lipinski definition) is 5. The largest absolute Gasteiger partial charge is 0.376 e. The van der Waals surface area contributed by atoms with E-state index in [1.54, 1.807) is 0 Å². The molecular weight excluding hydrogens is 252 g/mol. The van der Waals surface area contributed by atoms with E-state index in [0.717, 1.165) is 37.6 Å².